The minimum absolute atomic E-state index is 0.0984. The average Bonchev–Trinajstić information content (AvgIpc) is 2.66. The van der Waals surface area contributed by atoms with Gasteiger partial charge in [0.15, 0.2) is 5.96 Å². The van der Waals surface area contributed by atoms with Crippen molar-refractivity contribution >= 4 is 5.96 Å². The van der Waals surface area contributed by atoms with E-state index in [9.17, 15) is 5.11 Å². The number of nitrogens with one attached hydrogen (secondary N) is 2. The molecule has 1 aliphatic rings. The molecule has 0 bridgehead atoms. The summed E-state index contributed by atoms with van der Waals surface area (Å²) in [5, 5.41) is 16.4. The van der Waals surface area contributed by atoms with Crippen molar-refractivity contribution in [3.05, 3.63) is 29.3 Å². The molecule has 1 aliphatic heterocycles. The van der Waals surface area contributed by atoms with E-state index >= 15 is 0 Å². The Morgan fingerprint density at radius 1 is 1.37 bits per heavy atom. The summed E-state index contributed by atoms with van der Waals surface area (Å²) in [6, 6.07) is 6.34. The summed E-state index contributed by atoms with van der Waals surface area (Å²) < 4.78 is 5.51. The van der Waals surface area contributed by atoms with E-state index in [0.29, 0.717) is 0 Å². The van der Waals surface area contributed by atoms with E-state index < -0.39 is 0 Å². The third-order valence-corrected chi connectivity index (χ3v) is 5.01. The third-order valence-electron chi connectivity index (χ3n) is 5.01. The summed E-state index contributed by atoms with van der Waals surface area (Å²) in [5.41, 5.74) is 2.35. The first-order valence-corrected chi connectivity index (χ1v) is 10.1. The van der Waals surface area contributed by atoms with Crippen molar-refractivity contribution < 1.29 is 9.84 Å². The number of methoxy groups -OCH3 is 1. The van der Waals surface area contributed by atoms with Crippen LogP contribution < -0.4 is 15.4 Å². The largest absolute Gasteiger partial charge is 0.496 e. The molecule has 27 heavy (non-hydrogen) atoms. The molecule has 1 saturated heterocycles. The van der Waals surface area contributed by atoms with Crippen molar-refractivity contribution in [2.24, 2.45) is 4.99 Å². The number of likely N-dealkylation sites (tertiary alicyclic amines) is 1. The molecule has 1 atom stereocenters. The highest BCUT2D eigenvalue weighted by atomic mass is 16.5. The minimum Gasteiger partial charge on any atom is -0.496 e. The highest BCUT2D eigenvalue weighted by Gasteiger charge is 2.16. The number of benzene rings is 1. The van der Waals surface area contributed by atoms with Crippen molar-refractivity contribution in [2.75, 3.05) is 39.8 Å². The van der Waals surface area contributed by atoms with E-state index in [1.54, 1.807) is 7.11 Å². The predicted molar refractivity (Wildman–Crippen MR) is 112 cm³/mol. The molecule has 0 aliphatic carbocycles. The fraction of sp³-hybridized carbons (Fsp3) is 0.667. The van der Waals surface area contributed by atoms with Gasteiger partial charge in [-0.2, -0.15) is 0 Å². The highest BCUT2D eigenvalue weighted by Crippen LogP contribution is 2.25. The van der Waals surface area contributed by atoms with E-state index in [1.165, 1.54) is 5.56 Å². The molecule has 0 aromatic heterocycles. The van der Waals surface area contributed by atoms with E-state index in [2.05, 4.69) is 48.4 Å². The van der Waals surface area contributed by atoms with Gasteiger partial charge in [-0.3, -0.25) is 4.99 Å². The van der Waals surface area contributed by atoms with Crippen LogP contribution in [0.2, 0.25) is 0 Å². The number of ether oxygens (including phenoxy) is 1. The second-order valence-electron chi connectivity index (χ2n) is 7.30. The summed E-state index contributed by atoms with van der Waals surface area (Å²) in [4.78, 5) is 7.15. The minimum atomic E-state index is -0.107. The van der Waals surface area contributed by atoms with Gasteiger partial charge in [-0.15, -0.1) is 0 Å². The van der Waals surface area contributed by atoms with Gasteiger partial charge in [0.1, 0.15) is 5.75 Å². The zero-order chi connectivity index (χ0) is 19.6. The van der Waals surface area contributed by atoms with Gasteiger partial charge in [0.05, 0.1) is 19.3 Å². The average molecular weight is 377 g/mol. The number of guanidine groups is 1. The maximum Gasteiger partial charge on any atom is 0.191 e. The van der Waals surface area contributed by atoms with Crippen molar-refractivity contribution in [2.45, 2.75) is 52.2 Å². The molecule has 0 radical (unpaired) electrons. The molecule has 0 saturated carbocycles. The molecule has 1 heterocycles. The number of hydrogen-bond donors (Lipinski definition) is 3. The molecule has 1 aromatic rings. The molecule has 6 heteroatoms. The Labute approximate surface area is 164 Å². The molecule has 1 fully saturated rings. The summed E-state index contributed by atoms with van der Waals surface area (Å²) >= 11 is 0. The van der Waals surface area contributed by atoms with Gasteiger partial charge >= 0.3 is 0 Å². The van der Waals surface area contributed by atoms with Crippen LogP contribution in [0.15, 0.2) is 23.2 Å². The first-order chi connectivity index (χ1) is 13.0. The van der Waals surface area contributed by atoms with E-state index in [0.717, 1.165) is 69.3 Å². The number of hydrogen-bond acceptors (Lipinski definition) is 4. The Morgan fingerprint density at radius 3 is 2.78 bits per heavy atom. The lowest BCUT2D eigenvalue weighted by molar-refractivity contribution is 0.0824. The monoisotopic (exact) mass is 376 g/mol. The van der Waals surface area contributed by atoms with E-state index in [-0.39, 0.29) is 12.1 Å². The van der Waals surface area contributed by atoms with Gasteiger partial charge in [0.25, 0.3) is 0 Å². The van der Waals surface area contributed by atoms with Crippen LogP contribution in [0.3, 0.4) is 0 Å². The number of aliphatic imine (C=N–C) groups is 1. The number of aliphatic hydroxyl groups excluding tert-OH is 1. The fourth-order valence-electron chi connectivity index (χ4n) is 3.42. The first kappa shape index (κ1) is 21.5. The maximum atomic E-state index is 9.59. The van der Waals surface area contributed by atoms with Crippen LogP contribution in [0, 0.1) is 6.92 Å². The topological polar surface area (TPSA) is 69.1 Å². The molecule has 0 spiro atoms. The molecule has 1 unspecified atom stereocenters. The Hall–Kier alpha value is -1.79. The van der Waals surface area contributed by atoms with Crippen LogP contribution in [0.4, 0.5) is 0 Å². The van der Waals surface area contributed by atoms with E-state index in [1.807, 2.05) is 6.07 Å². The van der Waals surface area contributed by atoms with Gasteiger partial charge in [-0.1, -0.05) is 17.7 Å². The molecule has 6 nitrogen and oxygen atoms in total. The van der Waals surface area contributed by atoms with Gasteiger partial charge < -0.3 is 25.4 Å². The zero-order valence-corrected chi connectivity index (χ0v) is 17.3. The van der Waals surface area contributed by atoms with Crippen LogP contribution in [-0.2, 0) is 0 Å². The van der Waals surface area contributed by atoms with Gasteiger partial charge in [0.2, 0.25) is 0 Å². The molecular formula is C21H36N4O2. The molecule has 1 aromatic carbocycles. The lowest BCUT2D eigenvalue weighted by Gasteiger charge is -2.29. The van der Waals surface area contributed by atoms with Gasteiger partial charge in [0, 0.05) is 31.7 Å². The lowest BCUT2D eigenvalue weighted by Crippen LogP contribution is -2.39. The quantitative estimate of drug-likeness (QED) is 0.369. The van der Waals surface area contributed by atoms with Crippen molar-refractivity contribution in [3.63, 3.8) is 0 Å². The predicted octanol–water partition coefficient (Wildman–Crippen LogP) is 2.47. The Balaban J connectivity index is 1.88. The molecule has 2 rings (SSSR count). The van der Waals surface area contributed by atoms with Crippen LogP contribution in [0.25, 0.3) is 0 Å². The summed E-state index contributed by atoms with van der Waals surface area (Å²) in [6.07, 6.45) is 2.70. The maximum absolute atomic E-state index is 9.59. The number of piperidine rings is 1. The SMILES string of the molecule is CCNC(=NCCCN1CCC(O)CC1)NC(C)c1cc(C)ccc1OC. The number of rotatable bonds is 8. The van der Waals surface area contributed by atoms with Crippen LogP contribution in [0.1, 0.15) is 50.3 Å². The zero-order valence-electron chi connectivity index (χ0n) is 17.3. The molecule has 152 valence electrons. The summed E-state index contributed by atoms with van der Waals surface area (Å²) in [5.74, 6) is 1.73. The summed E-state index contributed by atoms with van der Waals surface area (Å²) in [6.45, 7) is 10.9. The normalized spacial score (nSPS) is 17.6. The lowest BCUT2D eigenvalue weighted by atomic mass is 10.0. The van der Waals surface area contributed by atoms with Crippen molar-refractivity contribution in [3.8, 4) is 5.75 Å². The Bertz CT molecular complexity index is 598. The van der Waals surface area contributed by atoms with Crippen LogP contribution in [0.5, 0.6) is 5.75 Å². The van der Waals surface area contributed by atoms with Crippen molar-refractivity contribution in [1.82, 2.24) is 15.5 Å². The third kappa shape index (κ3) is 7.03. The van der Waals surface area contributed by atoms with Crippen LogP contribution in [-0.4, -0.2) is 61.9 Å². The van der Waals surface area contributed by atoms with Gasteiger partial charge in [-0.25, -0.2) is 0 Å². The number of aliphatic hydroxyl groups is 1. The Kier molecular flexibility index (Phi) is 8.88. The van der Waals surface area contributed by atoms with Crippen molar-refractivity contribution in [1.29, 1.82) is 0 Å². The summed E-state index contributed by atoms with van der Waals surface area (Å²) in [7, 11) is 1.71. The van der Waals surface area contributed by atoms with Crippen LogP contribution >= 0.6 is 0 Å². The first-order valence-electron chi connectivity index (χ1n) is 10.1. The second-order valence-corrected chi connectivity index (χ2v) is 7.30. The molecule has 0 amide bonds. The molecule has 3 N–H and O–H groups in total. The Morgan fingerprint density at radius 2 is 2.11 bits per heavy atom. The second kappa shape index (κ2) is 11.1. The smallest absolute Gasteiger partial charge is 0.191 e. The number of nitrogens with zero attached hydrogens (tertiary/aromatic N) is 2. The molecular weight excluding hydrogens is 340 g/mol. The van der Waals surface area contributed by atoms with Gasteiger partial charge in [-0.05, 0) is 52.6 Å². The fourth-order valence-corrected chi connectivity index (χ4v) is 3.42. The number of aryl methyl sites for hydroxylation is 1. The van der Waals surface area contributed by atoms with E-state index in [4.69, 9.17) is 9.73 Å². The highest BCUT2D eigenvalue weighted by molar-refractivity contribution is 5.80. The standard InChI is InChI=1S/C21H36N4O2/c1-5-22-21(23-11-6-12-25-13-9-18(26)10-14-25)24-17(3)19-15-16(2)7-8-20(19)27-4/h7-8,15,17-18,26H,5-6,9-14H2,1-4H3,(H2,22,23,24).